The number of esters is 1. The molecule has 0 saturated heterocycles. The average molecular weight is 397 g/mol. The number of rotatable bonds is 5. The Morgan fingerprint density at radius 1 is 1.15 bits per heavy atom. The molecule has 1 aromatic carbocycles. The van der Waals surface area contributed by atoms with Gasteiger partial charge in [0.2, 0.25) is 0 Å². The number of Topliss-reactive ketones (excluding diaryl/α,β-unsaturated/α-hetero) is 1. The number of carbonyl (C=O) groups is 3. The number of anilines is 1. The van der Waals surface area contributed by atoms with Gasteiger partial charge in [-0.05, 0) is 44.9 Å². The Kier molecular flexibility index (Phi) is 6.10. The molecule has 0 saturated carbocycles. The van der Waals surface area contributed by atoms with Crippen molar-refractivity contribution in [2.24, 2.45) is 0 Å². The van der Waals surface area contributed by atoms with E-state index >= 15 is 0 Å². The summed E-state index contributed by atoms with van der Waals surface area (Å²) in [5.74, 6) is -1.47. The molecule has 0 aliphatic rings. The van der Waals surface area contributed by atoms with Crippen LogP contribution in [0.1, 0.15) is 44.6 Å². The number of nitrogens with one attached hydrogen (secondary N) is 2. The van der Waals surface area contributed by atoms with Gasteiger partial charge in [-0.2, -0.15) is 0 Å². The lowest BCUT2D eigenvalue weighted by molar-refractivity contribution is -0.119. The van der Waals surface area contributed by atoms with Gasteiger partial charge < -0.3 is 15.0 Å². The van der Waals surface area contributed by atoms with Crippen molar-refractivity contribution in [3.63, 3.8) is 0 Å². The van der Waals surface area contributed by atoms with Crippen LogP contribution in [0.3, 0.4) is 0 Å². The van der Waals surface area contributed by atoms with Crippen LogP contribution in [0.25, 0.3) is 0 Å². The number of ether oxygens (including phenoxy) is 1. The van der Waals surface area contributed by atoms with Crippen molar-refractivity contribution in [2.45, 2.75) is 27.7 Å². The van der Waals surface area contributed by atoms with E-state index in [1.165, 1.54) is 6.92 Å². The average Bonchev–Trinajstić information content (AvgIpc) is 2.87. The second kappa shape index (κ2) is 7.93. The standard InChI is InChI=1S/C18H18Cl2N2O4/c1-8-5-6-12(19)17(15(8)20)22-13(24)7-26-18(25)16-9(2)14(11(4)23)10(3)21-16/h5-6,21H,7H2,1-4H3,(H,22,24). The second-order valence-corrected chi connectivity index (χ2v) is 6.64. The maximum Gasteiger partial charge on any atom is 0.355 e. The van der Waals surface area contributed by atoms with Crippen molar-refractivity contribution in [1.82, 2.24) is 4.98 Å². The minimum Gasteiger partial charge on any atom is -0.451 e. The third kappa shape index (κ3) is 4.08. The van der Waals surface area contributed by atoms with E-state index < -0.39 is 18.5 Å². The summed E-state index contributed by atoms with van der Waals surface area (Å²) in [6.45, 7) is 6.00. The van der Waals surface area contributed by atoms with Crippen molar-refractivity contribution in [1.29, 1.82) is 0 Å². The fourth-order valence-corrected chi connectivity index (χ4v) is 3.10. The van der Waals surface area contributed by atoms with Crippen LogP contribution < -0.4 is 5.32 Å². The summed E-state index contributed by atoms with van der Waals surface area (Å²) in [6, 6.07) is 3.34. The molecule has 8 heteroatoms. The molecule has 0 bridgehead atoms. The van der Waals surface area contributed by atoms with Gasteiger partial charge in [0.25, 0.3) is 5.91 Å². The van der Waals surface area contributed by atoms with E-state index in [1.54, 1.807) is 32.9 Å². The molecule has 1 heterocycles. The number of aromatic amines is 1. The highest BCUT2D eigenvalue weighted by atomic mass is 35.5. The Hall–Kier alpha value is -2.31. The maximum atomic E-state index is 12.2. The number of ketones is 1. The first-order valence-corrected chi connectivity index (χ1v) is 8.50. The summed E-state index contributed by atoms with van der Waals surface area (Å²) >= 11 is 12.2. The Bertz CT molecular complexity index is 903. The van der Waals surface area contributed by atoms with Crippen LogP contribution in [-0.2, 0) is 9.53 Å². The van der Waals surface area contributed by atoms with E-state index in [-0.39, 0.29) is 22.2 Å². The molecule has 0 radical (unpaired) electrons. The molecular formula is C18H18Cl2N2O4. The molecular weight excluding hydrogens is 379 g/mol. The lowest BCUT2D eigenvalue weighted by atomic mass is 10.1. The fourth-order valence-electron chi connectivity index (χ4n) is 2.63. The fraction of sp³-hybridized carbons (Fsp3) is 0.278. The minimum atomic E-state index is -0.727. The Morgan fingerprint density at radius 2 is 1.81 bits per heavy atom. The molecule has 0 atom stereocenters. The predicted octanol–water partition coefficient (Wildman–Crippen LogP) is 4.24. The second-order valence-electron chi connectivity index (χ2n) is 5.86. The van der Waals surface area contributed by atoms with E-state index in [9.17, 15) is 14.4 Å². The van der Waals surface area contributed by atoms with Crippen LogP contribution in [0.5, 0.6) is 0 Å². The van der Waals surface area contributed by atoms with Crippen molar-refractivity contribution in [3.05, 3.63) is 50.3 Å². The number of amides is 1. The lowest BCUT2D eigenvalue weighted by Gasteiger charge is -2.11. The van der Waals surface area contributed by atoms with E-state index in [0.29, 0.717) is 21.8 Å². The number of halogens is 2. The van der Waals surface area contributed by atoms with Gasteiger partial charge in [-0.3, -0.25) is 9.59 Å². The molecule has 0 spiro atoms. The van der Waals surface area contributed by atoms with E-state index in [4.69, 9.17) is 27.9 Å². The minimum absolute atomic E-state index is 0.145. The summed E-state index contributed by atoms with van der Waals surface area (Å²) in [5, 5.41) is 3.13. The van der Waals surface area contributed by atoms with Gasteiger partial charge in [0.1, 0.15) is 5.69 Å². The zero-order valence-electron chi connectivity index (χ0n) is 14.8. The third-order valence-electron chi connectivity index (χ3n) is 3.88. The Balaban J connectivity index is 2.07. The topological polar surface area (TPSA) is 88.3 Å². The molecule has 1 amide bonds. The molecule has 1 aromatic heterocycles. The van der Waals surface area contributed by atoms with Crippen molar-refractivity contribution >= 4 is 46.5 Å². The molecule has 26 heavy (non-hydrogen) atoms. The summed E-state index contributed by atoms with van der Waals surface area (Å²) in [5.41, 5.74) is 2.67. The summed E-state index contributed by atoms with van der Waals surface area (Å²) < 4.78 is 5.02. The van der Waals surface area contributed by atoms with E-state index in [2.05, 4.69) is 10.3 Å². The van der Waals surface area contributed by atoms with Gasteiger partial charge >= 0.3 is 5.97 Å². The Morgan fingerprint density at radius 3 is 2.38 bits per heavy atom. The number of benzene rings is 1. The van der Waals surface area contributed by atoms with Crippen LogP contribution in [-0.4, -0.2) is 29.3 Å². The molecule has 0 fully saturated rings. The monoisotopic (exact) mass is 396 g/mol. The van der Waals surface area contributed by atoms with Gasteiger partial charge in [0, 0.05) is 11.3 Å². The molecule has 2 rings (SSSR count). The summed E-state index contributed by atoms with van der Waals surface area (Å²) in [6.07, 6.45) is 0. The molecule has 0 unspecified atom stereocenters. The van der Waals surface area contributed by atoms with Crippen molar-refractivity contribution < 1.29 is 19.1 Å². The van der Waals surface area contributed by atoms with Gasteiger partial charge in [-0.25, -0.2) is 4.79 Å². The predicted molar refractivity (Wildman–Crippen MR) is 100 cm³/mol. The number of carbonyl (C=O) groups excluding carboxylic acids is 3. The normalized spacial score (nSPS) is 10.5. The smallest absolute Gasteiger partial charge is 0.355 e. The summed E-state index contributed by atoms with van der Waals surface area (Å²) in [7, 11) is 0. The molecule has 0 aliphatic heterocycles. The number of hydrogen-bond donors (Lipinski definition) is 2. The zero-order chi connectivity index (χ0) is 19.6. The highest BCUT2D eigenvalue weighted by molar-refractivity contribution is 6.40. The van der Waals surface area contributed by atoms with Crippen molar-refractivity contribution in [2.75, 3.05) is 11.9 Å². The third-order valence-corrected chi connectivity index (χ3v) is 4.68. The molecule has 2 aromatic rings. The van der Waals surface area contributed by atoms with Crippen LogP contribution in [0, 0.1) is 20.8 Å². The first-order valence-electron chi connectivity index (χ1n) is 7.75. The van der Waals surface area contributed by atoms with E-state index in [1.807, 2.05) is 0 Å². The number of hydrogen-bond acceptors (Lipinski definition) is 4. The van der Waals surface area contributed by atoms with Crippen LogP contribution >= 0.6 is 23.2 Å². The molecule has 138 valence electrons. The summed E-state index contributed by atoms with van der Waals surface area (Å²) in [4.78, 5) is 38.7. The first-order chi connectivity index (χ1) is 12.1. The van der Waals surface area contributed by atoms with Gasteiger partial charge in [0.15, 0.2) is 12.4 Å². The molecule has 2 N–H and O–H groups in total. The van der Waals surface area contributed by atoms with Crippen LogP contribution in [0.4, 0.5) is 5.69 Å². The van der Waals surface area contributed by atoms with E-state index in [0.717, 1.165) is 5.56 Å². The van der Waals surface area contributed by atoms with Gasteiger partial charge in [-0.15, -0.1) is 0 Å². The molecule has 6 nitrogen and oxygen atoms in total. The molecule has 0 aliphatic carbocycles. The number of aryl methyl sites for hydroxylation is 2. The van der Waals surface area contributed by atoms with Crippen LogP contribution in [0.2, 0.25) is 10.0 Å². The SMILES string of the molecule is CC(=O)c1c(C)[nH]c(C(=O)OCC(=O)Nc2c(Cl)ccc(C)c2Cl)c1C. The van der Waals surface area contributed by atoms with Crippen LogP contribution in [0.15, 0.2) is 12.1 Å². The zero-order valence-corrected chi connectivity index (χ0v) is 16.3. The quantitative estimate of drug-likeness (QED) is 0.583. The Labute approximate surface area is 160 Å². The highest BCUT2D eigenvalue weighted by Crippen LogP contribution is 2.32. The number of H-pyrrole nitrogens is 1. The lowest BCUT2D eigenvalue weighted by Crippen LogP contribution is -2.22. The van der Waals surface area contributed by atoms with Gasteiger partial charge in [0.05, 0.1) is 15.7 Å². The number of aromatic nitrogens is 1. The van der Waals surface area contributed by atoms with Gasteiger partial charge in [-0.1, -0.05) is 29.3 Å². The first kappa shape index (κ1) is 20.0. The maximum absolute atomic E-state index is 12.2. The highest BCUT2D eigenvalue weighted by Gasteiger charge is 2.22. The van der Waals surface area contributed by atoms with Crippen molar-refractivity contribution in [3.8, 4) is 0 Å². The largest absolute Gasteiger partial charge is 0.451 e.